The van der Waals surface area contributed by atoms with Crippen molar-refractivity contribution in [2.75, 3.05) is 5.32 Å². The van der Waals surface area contributed by atoms with E-state index in [1.54, 1.807) is 22.7 Å². The monoisotopic (exact) mass is 315 g/mol. The van der Waals surface area contributed by atoms with Crippen LogP contribution in [0.5, 0.6) is 0 Å². The molecule has 0 amide bonds. The number of rotatable bonds is 3. The molecule has 0 saturated heterocycles. The van der Waals surface area contributed by atoms with E-state index in [0.29, 0.717) is 0 Å². The van der Waals surface area contributed by atoms with Crippen molar-refractivity contribution in [2.45, 2.75) is 27.7 Å². The van der Waals surface area contributed by atoms with E-state index in [2.05, 4.69) is 52.7 Å². The summed E-state index contributed by atoms with van der Waals surface area (Å²) in [4.78, 5) is 10.3. The molecule has 0 aliphatic heterocycles. The zero-order valence-electron chi connectivity index (χ0n) is 12.5. The van der Waals surface area contributed by atoms with Gasteiger partial charge in [-0.3, -0.25) is 0 Å². The third-order valence-corrected chi connectivity index (χ3v) is 4.97. The Hall–Kier alpha value is -1.72. The fourth-order valence-corrected chi connectivity index (χ4v) is 4.05. The first kappa shape index (κ1) is 14.2. The van der Waals surface area contributed by atoms with Crippen molar-refractivity contribution in [1.82, 2.24) is 9.97 Å². The Morgan fingerprint density at radius 1 is 0.952 bits per heavy atom. The van der Waals surface area contributed by atoms with E-state index in [0.717, 1.165) is 32.1 Å². The van der Waals surface area contributed by atoms with Gasteiger partial charge in [0.2, 0.25) is 0 Å². The molecule has 1 N–H and O–H groups in total. The molecule has 108 valence electrons. The number of nitrogens with zero attached hydrogens (tertiary/aromatic N) is 2. The highest BCUT2D eigenvalue weighted by atomic mass is 32.1. The summed E-state index contributed by atoms with van der Waals surface area (Å²) in [7, 11) is 0. The lowest BCUT2D eigenvalue weighted by Crippen LogP contribution is -1.91. The summed E-state index contributed by atoms with van der Waals surface area (Å²) in [5.41, 5.74) is 5.66. The van der Waals surface area contributed by atoms with Crippen LogP contribution >= 0.6 is 22.7 Å². The Morgan fingerprint density at radius 3 is 2.29 bits per heavy atom. The summed E-state index contributed by atoms with van der Waals surface area (Å²) in [6.45, 7) is 8.28. The Balaban J connectivity index is 1.87. The fraction of sp³-hybridized carbons (Fsp3) is 0.250. The summed E-state index contributed by atoms with van der Waals surface area (Å²) >= 11 is 3.32. The van der Waals surface area contributed by atoms with Crippen LogP contribution in [-0.2, 0) is 0 Å². The number of hydrogen-bond acceptors (Lipinski definition) is 5. The molecule has 5 heteroatoms. The highest BCUT2D eigenvalue weighted by Crippen LogP contribution is 2.33. The van der Waals surface area contributed by atoms with E-state index in [1.807, 2.05) is 13.8 Å². The molecule has 0 fully saturated rings. The minimum Gasteiger partial charge on any atom is -0.332 e. The summed E-state index contributed by atoms with van der Waals surface area (Å²) in [5.74, 6) is 0. The molecule has 3 rings (SSSR count). The largest absolute Gasteiger partial charge is 0.332 e. The van der Waals surface area contributed by atoms with Crippen molar-refractivity contribution >= 4 is 33.5 Å². The van der Waals surface area contributed by atoms with Gasteiger partial charge in [0.25, 0.3) is 0 Å². The summed E-state index contributed by atoms with van der Waals surface area (Å²) in [5, 5.41) is 7.48. The molecule has 0 aliphatic carbocycles. The lowest BCUT2D eigenvalue weighted by molar-refractivity contribution is 1.20. The van der Waals surface area contributed by atoms with Gasteiger partial charge in [0.15, 0.2) is 5.13 Å². The second-order valence-electron chi connectivity index (χ2n) is 5.19. The standard InChI is InChI=1S/C16H17N3S2/c1-9-5-10(2)7-13(6-9)18-16-19-14(8-20-16)15-11(3)17-12(4)21-15/h5-8H,1-4H3,(H,18,19). The number of aromatic nitrogens is 2. The molecular formula is C16H17N3S2. The van der Waals surface area contributed by atoms with Crippen LogP contribution in [0, 0.1) is 27.7 Å². The molecular weight excluding hydrogens is 298 g/mol. The average Bonchev–Trinajstić information content (AvgIpc) is 2.94. The first-order valence-electron chi connectivity index (χ1n) is 6.76. The van der Waals surface area contributed by atoms with Crippen molar-refractivity contribution in [2.24, 2.45) is 0 Å². The van der Waals surface area contributed by atoms with Crippen LogP contribution in [0.3, 0.4) is 0 Å². The van der Waals surface area contributed by atoms with Crippen LogP contribution in [0.2, 0.25) is 0 Å². The van der Waals surface area contributed by atoms with Crippen LogP contribution in [0.1, 0.15) is 21.8 Å². The molecule has 0 radical (unpaired) electrons. The van der Waals surface area contributed by atoms with Gasteiger partial charge in [-0.05, 0) is 51.0 Å². The third kappa shape index (κ3) is 3.14. The van der Waals surface area contributed by atoms with Gasteiger partial charge in [-0.15, -0.1) is 22.7 Å². The molecule has 2 aromatic heterocycles. The number of aryl methyl sites for hydroxylation is 4. The topological polar surface area (TPSA) is 37.8 Å². The van der Waals surface area contributed by atoms with E-state index in [9.17, 15) is 0 Å². The molecule has 0 aliphatic rings. The molecule has 2 heterocycles. The molecule has 0 atom stereocenters. The van der Waals surface area contributed by atoms with Crippen LogP contribution in [-0.4, -0.2) is 9.97 Å². The van der Waals surface area contributed by atoms with Crippen molar-refractivity contribution in [3.8, 4) is 10.6 Å². The van der Waals surface area contributed by atoms with E-state index >= 15 is 0 Å². The predicted octanol–water partition coefficient (Wildman–Crippen LogP) is 5.24. The minimum absolute atomic E-state index is 0.917. The van der Waals surface area contributed by atoms with Gasteiger partial charge in [-0.25, -0.2) is 9.97 Å². The van der Waals surface area contributed by atoms with Gasteiger partial charge in [-0.1, -0.05) is 6.07 Å². The summed E-state index contributed by atoms with van der Waals surface area (Å²) < 4.78 is 0. The maximum Gasteiger partial charge on any atom is 0.187 e. The Kier molecular flexibility index (Phi) is 3.78. The first-order valence-corrected chi connectivity index (χ1v) is 8.46. The number of nitrogens with one attached hydrogen (secondary N) is 1. The van der Waals surface area contributed by atoms with Gasteiger partial charge in [-0.2, -0.15) is 0 Å². The average molecular weight is 315 g/mol. The van der Waals surface area contributed by atoms with Crippen molar-refractivity contribution in [1.29, 1.82) is 0 Å². The van der Waals surface area contributed by atoms with Gasteiger partial charge in [0, 0.05) is 11.1 Å². The smallest absolute Gasteiger partial charge is 0.187 e. The number of benzene rings is 1. The SMILES string of the molecule is Cc1cc(C)cc(Nc2nc(-c3sc(C)nc3C)cs2)c1. The number of hydrogen-bond donors (Lipinski definition) is 1. The molecule has 3 aromatic rings. The number of thiazole rings is 2. The minimum atomic E-state index is 0.917. The van der Waals surface area contributed by atoms with Crippen LogP contribution in [0.15, 0.2) is 23.6 Å². The molecule has 21 heavy (non-hydrogen) atoms. The van der Waals surface area contributed by atoms with Crippen molar-refractivity contribution in [3.63, 3.8) is 0 Å². The third-order valence-electron chi connectivity index (χ3n) is 3.11. The highest BCUT2D eigenvalue weighted by Gasteiger charge is 2.11. The van der Waals surface area contributed by atoms with Crippen LogP contribution in [0.25, 0.3) is 10.6 Å². The van der Waals surface area contributed by atoms with Crippen molar-refractivity contribution in [3.05, 3.63) is 45.4 Å². The molecule has 0 unspecified atom stereocenters. The molecule has 1 aromatic carbocycles. The second-order valence-corrected chi connectivity index (χ2v) is 7.25. The predicted molar refractivity (Wildman–Crippen MR) is 91.9 cm³/mol. The lowest BCUT2D eigenvalue weighted by Gasteiger charge is -2.05. The normalized spacial score (nSPS) is 10.9. The number of anilines is 2. The van der Waals surface area contributed by atoms with E-state index in [-0.39, 0.29) is 0 Å². The maximum absolute atomic E-state index is 4.69. The Labute approximate surface area is 132 Å². The highest BCUT2D eigenvalue weighted by molar-refractivity contribution is 7.16. The van der Waals surface area contributed by atoms with Gasteiger partial charge >= 0.3 is 0 Å². The zero-order chi connectivity index (χ0) is 15.0. The van der Waals surface area contributed by atoms with E-state index in [1.165, 1.54) is 11.1 Å². The van der Waals surface area contributed by atoms with Crippen molar-refractivity contribution < 1.29 is 0 Å². The quantitative estimate of drug-likeness (QED) is 0.718. The van der Waals surface area contributed by atoms with E-state index < -0.39 is 0 Å². The molecule has 0 spiro atoms. The lowest BCUT2D eigenvalue weighted by atomic mass is 10.1. The summed E-state index contributed by atoms with van der Waals surface area (Å²) in [6, 6.07) is 6.44. The van der Waals surface area contributed by atoms with Gasteiger partial charge < -0.3 is 5.32 Å². The summed E-state index contributed by atoms with van der Waals surface area (Å²) in [6.07, 6.45) is 0. The second kappa shape index (κ2) is 5.58. The van der Waals surface area contributed by atoms with Gasteiger partial charge in [0.1, 0.15) is 0 Å². The molecule has 0 saturated carbocycles. The van der Waals surface area contributed by atoms with E-state index in [4.69, 9.17) is 0 Å². The maximum atomic E-state index is 4.69. The van der Waals surface area contributed by atoms with Crippen LogP contribution < -0.4 is 5.32 Å². The zero-order valence-corrected chi connectivity index (χ0v) is 14.2. The Bertz CT molecular complexity index is 766. The Morgan fingerprint density at radius 2 is 1.67 bits per heavy atom. The molecule has 3 nitrogen and oxygen atoms in total. The first-order chi connectivity index (χ1) is 10.0. The molecule has 0 bridgehead atoms. The fourth-order valence-electron chi connectivity index (χ4n) is 2.37. The van der Waals surface area contributed by atoms with Gasteiger partial charge in [0.05, 0.1) is 21.3 Å². The van der Waals surface area contributed by atoms with Crippen LogP contribution in [0.4, 0.5) is 10.8 Å².